The number of hydrogen-bond donors (Lipinski definition) is 1. The number of ether oxygens (including phenoxy) is 1. The minimum absolute atomic E-state index is 0.00452. The number of amides is 1. The Morgan fingerprint density at radius 2 is 1.93 bits per heavy atom. The fourth-order valence-corrected chi connectivity index (χ4v) is 2.68. The van der Waals surface area contributed by atoms with Gasteiger partial charge in [0.2, 0.25) is 0 Å². The first-order valence-corrected chi connectivity index (χ1v) is 8.63. The van der Waals surface area contributed by atoms with E-state index in [0.29, 0.717) is 18.0 Å². The van der Waals surface area contributed by atoms with Crippen LogP contribution in [0.1, 0.15) is 46.9 Å². The summed E-state index contributed by atoms with van der Waals surface area (Å²) < 4.78 is 6.67. The second-order valence-corrected chi connectivity index (χ2v) is 6.52. The van der Waals surface area contributed by atoms with Crippen LogP contribution in [0.3, 0.4) is 0 Å². The average Bonchev–Trinajstić information content (AvgIpc) is 3.13. The SMILES string of the molecule is Cc1ccc(CNC(=O)COC(=O)c2cnc3ncnn3c2C(C)C)cc1. The fourth-order valence-electron chi connectivity index (χ4n) is 2.68. The van der Waals surface area contributed by atoms with Gasteiger partial charge in [-0.2, -0.15) is 10.1 Å². The van der Waals surface area contributed by atoms with Crippen LogP contribution >= 0.6 is 0 Å². The van der Waals surface area contributed by atoms with Crippen molar-refractivity contribution in [2.24, 2.45) is 0 Å². The van der Waals surface area contributed by atoms with E-state index in [1.165, 1.54) is 17.0 Å². The minimum Gasteiger partial charge on any atom is -0.452 e. The van der Waals surface area contributed by atoms with Gasteiger partial charge in [0.1, 0.15) is 6.33 Å². The molecule has 1 aromatic carbocycles. The highest BCUT2D eigenvalue weighted by molar-refractivity contribution is 5.92. The van der Waals surface area contributed by atoms with Crippen LogP contribution in [0.2, 0.25) is 0 Å². The maximum atomic E-state index is 12.4. The van der Waals surface area contributed by atoms with Gasteiger partial charge < -0.3 is 10.1 Å². The fraction of sp³-hybridized carbons (Fsp3) is 0.316. The molecule has 8 nitrogen and oxygen atoms in total. The topological polar surface area (TPSA) is 98.5 Å². The molecule has 0 fully saturated rings. The zero-order valence-electron chi connectivity index (χ0n) is 15.5. The molecule has 27 heavy (non-hydrogen) atoms. The number of rotatable bonds is 6. The molecule has 0 saturated heterocycles. The summed E-state index contributed by atoms with van der Waals surface area (Å²) in [6, 6.07) is 7.83. The first-order valence-electron chi connectivity index (χ1n) is 8.63. The van der Waals surface area contributed by atoms with E-state index < -0.39 is 5.97 Å². The van der Waals surface area contributed by atoms with E-state index in [-0.39, 0.29) is 24.0 Å². The highest BCUT2D eigenvalue weighted by Gasteiger charge is 2.21. The molecule has 0 atom stereocenters. The summed E-state index contributed by atoms with van der Waals surface area (Å²) in [6.07, 6.45) is 2.79. The summed E-state index contributed by atoms with van der Waals surface area (Å²) in [5.74, 6) is -0.583. The molecule has 0 bridgehead atoms. The molecule has 0 unspecified atom stereocenters. The Morgan fingerprint density at radius 3 is 2.63 bits per heavy atom. The van der Waals surface area contributed by atoms with E-state index in [0.717, 1.165) is 11.1 Å². The van der Waals surface area contributed by atoms with E-state index >= 15 is 0 Å². The first kappa shape index (κ1) is 18.5. The molecule has 0 aliphatic heterocycles. The Morgan fingerprint density at radius 1 is 1.19 bits per heavy atom. The van der Waals surface area contributed by atoms with Crippen LogP contribution in [0.4, 0.5) is 0 Å². The van der Waals surface area contributed by atoms with Gasteiger partial charge >= 0.3 is 5.97 Å². The molecule has 1 N–H and O–H groups in total. The van der Waals surface area contributed by atoms with Gasteiger partial charge in [0, 0.05) is 12.7 Å². The third-order valence-electron chi connectivity index (χ3n) is 4.05. The molecule has 3 rings (SSSR count). The smallest absolute Gasteiger partial charge is 0.342 e. The van der Waals surface area contributed by atoms with Crippen LogP contribution in [0.25, 0.3) is 5.78 Å². The average molecular weight is 367 g/mol. The summed E-state index contributed by atoms with van der Waals surface area (Å²) in [5.41, 5.74) is 3.04. The van der Waals surface area contributed by atoms with Crippen LogP contribution in [0, 0.1) is 6.92 Å². The van der Waals surface area contributed by atoms with Gasteiger partial charge in [-0.3, -0.25) is 4.79 Å². The van der Waals surface area contributed by atoms with Gasteiger partial charge in [-0.25, -0.2) is 14.3 Å². The van der Waals surface area contributed by atoms with Crippen molar-refractivity contribution in [1.29, 1.82) is 0 Å². The summed E-state index contributed by atoms with van der Waals surface area (Å²) >= 11 is 0. The summed E-state index contributed by atoms with van der Waals surface area (Å²) in [7, 11) is 0. The number of hydrogen-bond acceptors (Lipinski definition) is 6. The predicted octanol–water partition coefficient (Wildman–Crippen LogP) is 2.03. The van der Waals surface area contributed by atoms with E-state index in [9.17, 15) is 9.59 Å². The first-order chi connectivity index (χ1) is 13.0. The predicted molar refractivity (Wildman–Crippen MR) is 98.2 cm³/mol. The third kappa shape index (κ3) is 4.28. The molecule has 0 spiro atoms. The molecular weight excluding hydrogens is 346 g/mol. The van der Waals surface area contributed by atoms with Crippen LogP contribution < -0.4 is 5.32 Å². The van der Waals surface area contributed by atoms with Crippen molar-refractivity contribution in [2.75, 3.05) is 6.61 Å². The molecule has 8 heteroatoms. The number of aromatic nitrogens is 4. The molecular formula is C19H21N5O3. The van der Waals surface area contributed by atoms with Crippen molar-refractivity contribution in [2.45, 2.75) is 33.2 Å². The van der Waals surface area contributed by atoms with Crippen LogP contribution in [-0.4, -0.2) is 38.1 Å². The Hall–Kier alpha value is -3.29. The van der Waals surface area contributed by atoms with Crippen molar-refractivity contribution in [1.82, 2.24) is 24.9 Å². The van der Waals surface area contributed by atoms with Gasteiger partial charge in [0.15, 0.2) is 6.61 Å². The Kier molecular flexibility index (Phi) is 5.44. The molecule has 0 aliphatic carbocycles. The maximum Gasteiger partial charge on any atom is 0.342 e. The number of benzene rings is 1. The summed E-state index contributed by atoms with van der Waals surface area (Å²) in [6.45, 7) is 5.87. The van der Waals surface area contributed by atoms with E-state index in [1.54, 1.807) is 0 Å². The van der Waals surface area contributed by atoms with Crippen molar-refractivity contribution in [3.05, 3.63) is 59.2 Å². The molecule has 0 radical (unpaired) electrons. The normalized spacial score (nSPS) is 11.0. The van der Waals surface area contributed by atoms with E-state index in [1.807, 2.05) is 45.0 Å². The molecule has 3 aromatic rings. The van der Waals surface area contributed by atoms with Crippen molar-refractivity contribution >= 4 is 17.7 Å². The van der Waals surface area contributed by atoms with Gasteiger partial charge in [0.05, 0.1) is 11.3 Å². The second-order valence-electron chi connectivity index (χ2n) is 6.52. The van der Waals surface area contributed by atoms with Crippen LogP contribution in [0.15, 0.2) is 36.8 Å². The quantitative estimate of drug-likeness (QED) is 0.670. The summed E-state index contributed by atoms with van der Waals surface area (Å²) in [4.78, 5) is 32.5. The lowest BCUT2D eigenvalue weighted by Gasteiger charge is -2.13. The molecule has 0 saturated carbocycles. The van der Waals surface area contributed by atoms with Crippen molar-refractivity contribution < 1.29 is 14.3 Å². The van der Waals surface area contributed by atoms with Crippen LogP contribution in [-0.2, 0) is 16.1 Å². The highest BCUT2D eigenvalue weighted by atomic mass is 16.5. The molecule has 2 heterocycles. The largest absolute Gasteiger partial charge is 0.452 e. The monoisotopic (exact) mass is 367 g/mol. The summed E-state index contributed by atoms with van der Waals surface area (Å²) in [5, 5.41) is 6.83. The van der Waals surface area contributed by atoms with E-state index in [4.69, 9.17) is 4.74 Å². The van der Waals surface area contributed by atoms with Crippen molar-refractivity contribution in [3.63, 3.8) is 0 Å². The number of fused-ring (bicyclic) bond motifs is 1. The number of nitrogens with zero attached hydrogens (tertiary/aromatic N) is 4. The Balaban J connectivity index is 1.62. The van der Waals surface area contributed by atoms with Gasteiger partial charge in [-0.05, 0) is 18.4 Å². The lowest BCUT2D eigenvalue weighted by molar-refractivity contribution is -0.124. The third-order valence-corrected chi connectivity index (χ3v) is 4.05. The van der Waals surface area contributed by atoms with Gasteiger partial charge in [-0.15, -0.1) is 0 Å². The second kappa shape index (κ2) is 7.94. The zero-order chi connectivity index (χ0) is 19.4. The maximum absolute atomic E-state index is 12.4. The lowest BCUT2D eigenvalue weighted by atomic mass is 10.1. The van der Waals surface area contributed by atoms with Gasteiger partial charge in [-0.1, -0.05) is 43.7 Å². The van der Waals surface area contributed by atoms with Crippen molar-refractivity contribution in [3.8, 4) is 0 Å². The lowest BCUT2D eigenvalue weighted by Crippen LogP contribution is -2.28. The molecule has 1 amide bonds. The highest BCUT2D eigenvalue weighted by Crippen LogP contribution is 2.19. The Bertz CT molecular complexity index is 963. The number of aryl methyl sites for hydroxylation is 1. The van der Waals surface area contributed by atoms with E-state index in [2.05, 4.69) is 20.4 Å². The standard InChI is InChI=1S/C19H21N5O3/c1-12(2)17-15(9-21-19-22-11-23-24(17)19)18(26)27-10-16(25)20-8-14-6-4-13(3)5-7-14/h4-7,9,11-12H,8,10H2,1-3H3,(H,20,25). The zero-order valence-corrected chi connectivity index (χ0v) is 15.5. The minimum atomic E-state index is -0.617. The van der Waals surface area contributed by atoms with Crippen LogP contribution in [0.5, 0.6) is 0 Å². The molecule has 0 aliphatic rings. The van der Waals surface area contributed by atoms with Gasteiger partial charge in [0.25, 0.3) is 11.7 Å². The number of esters is 1. The molecule has 2 aromatic heterocycles. The Labute approximate surface area is 156 Å². The molecule has 140 valence electrons. The number of carbonyl (C=O) groups excluding carboxylic acids is 2. The number of carbonyl (C=O) groups is 2. The number of nitrogens with one attached hydrogen (secondary N) is 1.